The number of nitrogens with one attached hydrogen (secondary N) is 2. The number of rotatable bonds is 8. The van der Waals surface area contributed by atoms with Crippen molar-refractivity contribution in [1.82, 2.24) is 9.97 Å². The van der Waals surface area contributed by atoms with Crippen LogP contribution in [0.3, 0.4) is 0 Å². The topological polar surface area (TPSA) is 125 Å². The molecule has 0 aliphatic carbocycles. The van der Waals surface area contributed by atoms with Crippen LogP contribution in [-0.2, 0) is 14.8 Å². The Bertz CT molecular complexity index is 1510. The first-order valence-electron chi connectivity index (χ1n) is 10.8. The lowest BCUT2D eigenvalue weighted by atomic mass is 10.1. The van der Waals surface area contributed by atoms with Gasteiger partial charge in [0.05, 0.1) is 21.4 Å². The molecule has 0 aliphatic rings. The van der Waals surface area contributed by atoms with E-state index in [9.17, 15) is 18.5 Å². The lowest BCUT2D eigenvalue weighted by molar-refractivity contribution is -0.115. The molecule has 0 spiro atoms. The molecular formula is C26H21N5O3S2. The zero-order valence-electron chi connectivity index (χ0n) is 19.1. The highest BCUT2D eigenvalue weighted by Gasteiger charge is 2.19. The van der Waals surface area contributed by atoms with Crippen LogP contribution >= 0.6 is 11.8 Å². The van der Waals surface area contributed by atoms with Crippen LogP contribution in [0.25, 0.3) is 11.3 Å². The number of carbonyl (C=O) groups is 1. The molecule has 180 valence electrons. The highest BCUT2D eigenvalue weighted by atomic mass is 32.2. The van der Waals surface area contributed by atoms with Crippen LogP contribution in [0.4, 0.5) is 11.5 Å². The third kappa shape index (κ3) is 6.07. The summed E-state index contributed by atoms with van der Waals surface area (Å²) >= 11 is 1.18. The molecule has 0 radical (unpaired) electrons. The van der Waals surface area contributed by atoms with E-state index < -0.39 is 15.3 Å². The van der Waals surface area contributed by atoms with E-state index in [1.54, 1.807) is 37.3 Å². The molecule has 2 heterocycles. The zero-order valence-corrected chi connectivity index (χ0v) is 20.8. The summed E-state index contributed by atoms with van der Waals surface area (Å²) in [6, 6.07) is 25.9. The lowest BCUT2D eigenvalue weighted by Crippen LogP contribution is -2.22. The van der Waals surface area contributed by atoms with Gasteiger partial charge in [-0.2, -0.15) is 5.26 Å². The number of sulfonamides is 1. The molecule has 1 atom stereocenters. The fourth-order valence-corrected chi connectivity index (χ4v) is 5.09. The molecule has 2 aromatic heterocycles. The van der Waals surface area contributed by atoms with Crippen molar-refractivity contribution in [2.24, 2.45) is 0 Å². The SMILES string of the molecule is CC(Sc1nc(-c2ccccc2)ccc1C#N)C(=O)Nc1ccc(S(=O)(=O)Nc2ccccn2)cc1. The van der Waals surface area contributed by atoms with Gasteiger partial charge in [-0.05, 0) is 55.5 Å². The van der Waals surface area contributed by atoms with Gasteiger partial charge in [-0.3, -0.25) is 9.52 Å². The zero-order chi connectivity index (χ0) is 25.5. The number of nitriles is 1. The van der Waals surface area contributed by atoms with Crippen molar-refractivity contribution >= 4 is 39.2 Å². The predicted molar refractivity (Wildman–Crippen MR) is 140 cm³/mol. The number of thioether (sulfide) groups is 1. The van der Waals surface area contributed by atoms with E-state index in [1.807, 2.05) is 30.3 Å². The van der Waals surface area contributed by atoms with E-state index in [-0.39, 0.29) is 16.6 Å². The van der Waals surface area contributed by atoms with Crippen LogP contribution in [0.15, 0.2) is 101 Å². The van der Waals surface area contributed by atoms with Gasteiger partial charge >= 0.3 is 0 Å². The first-order valence-corrected chi connectivity index (χ1v) is 13.2. The van der Waals surface area contributed by atoms with Gasteiger partial charge in [0.2, 0.25) is 5.91 Å². The molecule has 10 heteroatoms. The lowest BCUT2D eigenvalue weighted by Gasteiger charge is -2.14. The van der Waals surface area contributed by atoms with Crippen LogP contribution in [0.5, 0.6) is 0 Å². The summed E-state index contributed by atoms with van der Waals surface area (Å²) in [5.41, 5.74) is 2.44. The number of nitrogens with zero attached hydrogens (tertiary/aromatic N) is 3. The Hall–Kier alpha value is -4.20. The van der Waals surface area contributed by atoms with Gasteiger partial charge in [-0.1, -0.05) is 48.2 Å². The monoisotopic (exact) mass is 515 g/mol. The third-order valence-corrected chi connectivity index (χ3v) is 7.52. The van der Waals surface area contributed by atoms with Gasteiger partial charge in [0.15, 0.2) is 0 Å². The Morgan fingerprint density at radius 1 is 0.972 bits per heavy atom. The summed E-state index contributed by atoms with van der Waals surface area (Å²) in [7, 11) is -3.82. The molecule has 2 N–H and O–H groups in total. The van der Waals surface area contributed by atoms with Crippen molar-refractivity contribution in [3.8, 4) is 17.3 Å². The second kappa shape index (κ2) is 11.0. The molecule has 4 aromatic rings. The number of hydrogen-bond donors (Lipinski definition) is 2. The Morgan fingerprint density at radius 2 is 1.69 bits per heavy atom. The van der Waals surface area contributed by atoms with E-state index >= 15 is 0 Å². The highest BCUT2D eigenvalue weighted by Crippen LogP contribution is 2.29. The minimum atomic E-state index is -3.82. The smallest absolute Gasteiger partial charge is 0.263 e. The summed E-state index contributed by atoms with van der Waals surface area (Å²) in [4.78, 5) is 21.4. The predicted octanol–water partition coefficient (Wildman–Crippen LogP) is 4.94. The van der Waals surface area contributed by atoms with Crippen LogP contribution in [0.1, 0.15) is 12.5 Å². The second-order valence-corrected chi connectivity index (χ2v) is 10.6. The fraction of sp³-hybridized carbons (Fsp3) is 0.0769. The number of amides is 1. The molecule has 1 amide bonds. The molecule has 0 saturated heterocycles. The van der Waals surface area contributed by atoms with E-state index in [1.165, 1.54) is 42.2 Å². The van der Waals surface area contributed by atoms with Crippen molar-refractivity contribution in [2.45, 2.75) is 22.1 Å². The minimum absolute atomic E-state index is 0.0363. The number of anilines is 2. The maximum Gasteiger partial charge on any atom is 0.263 e. The summed E-state index contributed by atoms with van der Waals surface area (Å²) in [5, 5.41) is 12.2. The first kappa shape index (κ1) is 24.9. The molecule has 4 rings (SSSR count). The van der Waals surface area contributed by atoms with Crippen molar-refractivity contribution < 1.29 is 13.2 Å². The maximum absolute atomic E-state index is 12.8. The van der Waals surface area contributed by atoms with Gasteiger partial charge < -0.3 is 5.32 Å². The van der Waals surface area contributed by atoms with E-state index in [0.717, 1.165) is 5.56 Å². The van der Waals surface area contributed by atoms with Crippen molar-refractivity contribution in [2.75, 3.05) is 10.0 Å². The fourth-order valence-electron chi connectivity index (χ4n) is 3.19. The standard InChI is InChI=1S/C26H21N5O3S2/c1-18(35-26-20(17-27)10-15-23(30-26)19-7-3-2-4-8-19)25(32)29-21-11-13-22(14-12-21)36(33,34)31-24-9-5-6-16-28-24/h2-16,18H,1H3,(H,28,31)(H,29,32). The molecule has 0 fully saturated rings. The first-order chi connectivity index (χ1) is 17.4. The maximum atomic E-state index is 12.8. The summed E-state index contributed by atoms with van der Waals surface area (Å²) in [6.07, 6.45) is 1.49. The molecule has 36 heavy (non-hydrogen) atoms. The Balaban J connectivity index is 1.43. The number of carbonyl (C=O) groups excluding carboxylic acids is 1. The van der Waals surface area contributed by atoms with Crippen molar-refractivity contribution in [1.29, 1.82) is 5.26 Å². The molecule has 2 aromatic carbocycles. The molecule has 8 nitrogen and oxygen atoms in total. The average molecular weight is 516 g/mol. The Labute approximate surface area is 213 Å². The third-order valence-electron chi connectivity index (χ3n) is 5.04. The van der Waals surface area contributed by atoms with Crippen LogP contribution < -0.4 is 10.0 Å². The summed E-state index contributed by atoms with van der Waals surface area (Å²) in [6.45, 7) is 1.72. The molecule has 0 saturated carbocycles. The van der Waals surface area contributed by atoms with Gasteiger partial charge in [-0.25, -0.2) is 18.4 Å². The van der Waals surface area contributed by atoms with E-state index in [0.29, 0.717) is 22.0 Å². The summed E-state index contributed by atoms with van der Waals surface area (Å²) in [5.74, 6) is -0.0968. The van der Waals surface area contributed by atoms with Crippen LogP contribution in [0, 0.1) is 11.3 Å². The number of benzene rings is 2. The molecule has 0 bridgehead atoms. The minimum Gasteiger partial charge on any atom is -0.325 e. The average Bonchev–Trinajstić information content (AvgIpc) is 2.90. The Kier molecular flexibility index (Phi) is 7.63. The van der Waals surface area contributed by atoms with E-state index in [4.69, 9.17) is 0 Å². The number of pyridine rings is 2. The second-order valence-electron chi connectivity index (χ2n) is 7.62. The summed E-state index contributed by atoms with van der Waals surface area (Å²) < 4.78 is 27.5. The Morgan fingerprint density at radius 3 is 2.36 bits per heavy atom. The number of hydrogen-bond acceptors (Lipinski definition) is 7. The largest absolute Gasteiger partial charge is 0.325 e. The van der Waals surface area contributed by atoms with Gasteiger partial charge in [-0.15, -0.1) is 0 Å². The van der Waals surface area contributed by atoms with E-state index in [2.05, 4.69) is 26.1 Å². The molecule has 1 unspecified atom stereocenters. The molecular weight excluding hydrogens is 494 g/mol. The number of aromatic nitrogens is 2. The van der Waals surface area contributed by atoms with Crippen molar-refractivity contribution in [3.63, 3.8) is 0 Å². The van der Waals surface area contributed by atoms with Gasteiger partial charge in [0.1, 0.15) is 16.9 Å². The highest BCUT2D eigenvalue weighted by molar-refractivity contribution is 8.00. The van der Waals surface area contributed by atoms with Crippen LogP contribution in [0.2, 0.25) is 0 Å². The van der Waals surface area contributed by atoms with Crippen molar-refractivity contribution in [3.05, 3.63) is 96.7 Å². The van der Waals surface area contributed by atoms with Crippen LogP contribution in [-0.4, -0.2) is 29.5 Å². The van der Waals surface area contributed by atoms with Gasteiger partial charge in [0, 0.05) is 17.4 Å². The normalized spacial score (nSPS) is 11.8. The molecule has 0 aliphatic heterocycles. The van der Waals surface area contributed by atoms with Gasteiger partial charge in [0.25, 0.3) is 10.0 Å². The quantitative estimate of drug-likeness (QED) is 0.319.